The van der Waals surface area contributed by atoms with E-state index in [2.05, 4.69) is 28.5 Å². The van der Waals surface area contributed by atoms with Crippen LogP contribution in [0.25, 0.3) is 10.9 Å². The first-order valence-electron chi connectivity index (χ1n) is 9.81. The van der Waals surface area contributed by atoms with Crippen molar-refractivity contribution >= 4 is 22.8 Å². The Labute approximate surface area is 160 Å². The number of aliphatic carboxylic acids is 1. The average Bonchev–Trinajstić information content (AvgIpc) is 2.66. The molecular formula is C22H28N2O3. The van der Waals surface area contributed by atoms with Crippen molar-refractivity contribution in [3.05, 3.63) is 42.1 Å². The van der Waals surface area contributed by atoms with Crippen LogP contribution in [0.2, 0.25) is 0 Å². The summed E-state index contributed by atoms with van der Waals surface area (Å²) in [5, 5.41) is 13.1. The summed E-state index contributed by atoms with van der Waals surface area (Å²) in [7, 11) is 0. The predicted octanol–water partition coefficient (Wildman–Crippen LogP) is 4.12. The molecule has 144 valence electrons. The minimum absolute atomic E-state index is 0.123. The number of pyridine rings is 1. The second kappa shape index (κ2) is 8.51. The molecule has 0 radical (unpaired) electrons. The Morgan fingerprint density at radius 1 is 1.15 bits per heavy atom. The van der Waals surface area contributed by atoms with Crippen molar-refractivity contribution in [2.45, 2.75) is 57.9 Å². The van der Waals surface area contributed by atoms with E-state index < -0.39 is 12.0 Å². The van der Waals surface area contributed by atoms with Gasteiger partial charge < -0.3 is 10.4 Å². The normalized spacial score (nSPS) is 21.1. The van der Waals surface area contributed by atoms with Crippen molar-refractivity contribution in [2.75, 3.05) is 0 Å². The van der Waals surface area contributed by atoms with E-state index in [1.165, 1.54) is 10.9 Å². The van der Waals surface area contributed by atoms with Gasteiger partial charge >= 0.3 is 5.97 Å². The van der Waals surface area contributed by atoms with Crippen LogP contribution in [-0.2, 0) is 9.59 Å². The number of carboxylic acids is 1. The maximum atomic E-state index is 12.3. The maximum absolute atomic E-state index is 12.3. The third-order valence-corrected chi connectivity index (χ3v) is 5.69. The lowest BCUT2D eigenvalue weighted by molar-refractivity contribution is -0.143. The highest BCUT2D eigenvalue weighted by molar-refractivity contribution is 5.84. The van der Waals surface area contributed by atoms with E-state index in [9.17, 15) is 14.7 Å². The SMILES string of the molecule is CC(C)[C@H](NC(=O)CC1CCC(c2ccnc3ccccc23)CC1)C(=O)O. The van der Waals surface area contributed by atoms with Crippen molar-refractivity contribution in [3.63, 3.8) is 0 Å². The van der Waals surface area contributed by atoms with Crippen LogP contribution < -0.4 is 5.32 Å². The number of carbonyl (C=O) groups excluding carboxylic acids is 1. The van der Waals surface area contributed by atoms with Crippen LogP contribution in [0.5, 0.6) is 0 Å². The number of hydrogen-bond donors (Lipinski definition) is 2. The number of hydrogen-bond acceptors (Lipinski definition) is 3. The first-order chi connectivity index (χ1) is 13.0. The lowest BCUT2D eigenvalue weighted by Crippen LogP contribution is -2.44. The van der Waals surface area contributed by atoms with Crippen molar-refractivity contribution < 1.29 is 14.7 Å². The lowest BCUT2D eigenvalue weighted by Gasteiger charge is -2.29. The summed E-state index contributed by atoms with van der Waals surface area (Å²) in [6.07, 6.45) is 6.40. The van der Waals surface area contributed by atoms with E-state index in [0.717, 1.165) is 31.2 Å². The van der Waals surface area contributed by atoms with Gasteiger partial charge in [0.15, 0.2) is 0 Å². The van der Waals surface area contributed by atoms with Crippen LogP contribution in [0.4, 0.5) is 0 Å². The van der Waals surface area contributed by atoms with Crippen molar-refractivity contribution in [3.8, 4) is 0 Å². The molecular weight excluding hydrogens is 340 g/mol. The van der Waals surface area contributed by atoms with Gasteiger partial charge in [-0.25, -0.2) is 4.79 Å². The molecule has 1 aromatic heterocycles. The van der Waals surface area contributed by atoms with E-state index in [1.807, 2.05) is 32.2 Å². The maximum Gasteiger partial charge on any atom is 0.326 e. The zero-order valence-electron chi connectivity index (χ0n) is 16.0. The molecule has 1 saturated carbocycles. The monoisotopic (exact) mass is 368 g/mol. The van der Waals surface area contributed by atoms with Gasteiger partial charge in [-0.15, -0.1) is 0 Å². The standard InChI is InChI=1S/C22H28N2O3/c1-14(2)21(22(26)27)24-20(25)13-15-7-9-16(10-8-15)17-11-12-23-19-6-4-3-5-18(17)19/h3-6,11-12,14-16,21H,7-10,13H2,1-2H3,(H,24,25)(H,26,27)/t15?,16?,21-/m0/s1. The largest absolute Gasteiger partial charge is 0.480 e. The Morgan fingerprint density at radius 2 is 1.85 bits per heavy atom. The number of benzene rings is 1. The van der Waals surface area contributed by atoms with Crippen molar-refractivity contribution in [2.24, 2.45) is 11.8 Å². The molecule has 27 heavy (non-hydrogen) atoms. The van der Waals surface area contributed by atoms with Crippen LogP contribution >= 0.6 is 0 Å². The molecule has 0 bridgehead atoms. The molecule has 1 heterocycles. The Hall–Kier alpha value is -2.43. The molecule has 0 spiro atoms. The van der Waals surface area contributed by atoms with Crippen LogP contribution in [0, 0.1) is 11.8 Å². The quantitative estimate of drug-likeness (QED) is 0.804. The molecule has 5 nitrogen and oxygen atoms in total. The number of aromatic nitrogens is 1. The highest BCUT2D eigenvalue weighted by Crippen LogP contribution is 2.39. The predicted molar refractivity (Wildman–Crippen MR) is 105 cm³/mol. The zero-order valence-corrected chi connectivity index (χ0v) is 16.0. The van der Waals surface area contributed by atoms with Gasteiger partial charge in [0, 0.05) is 18.0 Å². The number of fused-ring (bicyclic) bond motifs is 1. The summed E-state index contributed by atoms with van der Waals surface area (Å²) in [6, 6.07) is 9.56. The number of nitrogens with one attached hydrogen (secondary N) is 1. The fourth-order valence-electron chi connectivity index (χ4n) is 4.16. The van der Waals surface area contributed by atoms with Crippen LogP contribution in [-0.4, -0.2) is 28.0 Å². The smallest absolute Gasteiger partial charge is 0.326 e. The summed E-state index contributed by atoms with van der Waals surface area (Å²) in [5.41, 5.74) is 2.39. The van der Waals surface area contributed by atoms with E-state index in [-0.39, 0.29) is 11.8 Å². The Balaban J connectivity index is 1.57. The van der Waals surface area contributed by atoms with E-state index in [0.29, 0.717) is 18.3 Å². The number of para-hydroxylation sites is 1. The molecule has 0 unspecified atom stereocenters. The van der Waals surface area contributed by atoms with Gasteiger partial charge in [0.2, 0.25) is 5.91 Å². The van der Waals surface area contributed by atoms with Gasteiger partial charge in [0.25, 0.3) is 0 Å². The second-order valence-corrected chi connectivity index (χ2v) is 7.97. The summed E-state index contributed by atoms with van der Waals surface area (Å²) >= 11 is 0. The average molecular weight is 368 g/mol. The number of nitrogens with zero attached hydrogens (tertiary/aromatic N) is 1. The van der Waals surface area contributed by atoms with Crippen LogP contribution in [0.3, 0.4) is 0 Å². The number of rotatable bonds is 6. The molecule has 3 rings (SSSR count). The summed E-state index contributed by atoms with van der Waals surface area (Å²) in [5.74, 6) is -0.404. The Bertz CT molecular complexity index is 805. The molecule has 5 heteroatoms. The fourth-order valence-corrected chi connectivity index (χ4v) is 4.16. The van der Waals surface area contributed by atoms with Gasteiger partial charge in [0.05, 0.1) is 5.52 Å². The summed E-state index contributed by atoms with van der Waals surface area (Å²) in [4.78, 5) is 28.0. The summed E-state index contributed by atoms with van der Waals surface area (Å²) < 4.78 is 0. The molecule has 1 aliphatic rings. The van der Waals surface area contributed by atoms with E-state index >= 15 is 0 Å². The molecule has 1 amide bonds. The zero-order chi connectivity index (χ0) is 19.4. The van der Waals surface area contributed by atoms with Crippen LogP contribution in [0.15, 0.2) is 36.5 Å². The molecule has 1 atom stereocenters. The molecule has 0 saturated heterocycles. The number of carboxylic acid groups (broad SMARTS) is 1. The Kier molecular flexibility index (Phi) is 6.09. The highest BCUT2D eigenvalue weighted by Gasteiger charge is 2.28. The first kappa shape index (κ1) is 19.3. The van der Waals surface area contributed by atoms with Gasteiger partial charge in [-0.05, 0) is 61.1 Å². The second-order valence-electron chi connectivity index (χ2n) is 7.97. The van der Waals surface area contributed by atoms with Gasteiger partial charge in [-0.3, -0.25) is 9.78 Å². The minimum atomic E-state index is -0.966. The van der Waals surface area contributed by atoms with E-state index in [1.54, 1.807) is 0 Å². The lowest BCUT2D eigenvalue weighted by atomic mass is 9.77. The van der Waals surface area contributed by atoms with E-state index in [4.69, 9.17) is 0 Å². The third kappa shape index (κ3) is 4.65. The molecule has 2 aromatic rings. The van der Waals surface area contributed by atoms with Gasteiger partial charge in [-0.1, -0.05) is 32.0 Å². The molecule has 1 aromatic carbocycles. The van der Waals surface area contributed by atoms with Crippen LogP contribution in [0.1, 0.15) is 57.4 Å². The number of amides is 1. The van der Waals surface area contributed by atoms with Crippen molar-refractivity contribution in [1.29, 1.82) is 0 Å². The van der Waals surface area contributed by atoms with Gasteiger partial charge in [0.1, 0.15) is 6.04 Å². The number of carbonyl (C=O) groups is 2. The van der Waals surface area contributed by atoms with Gasteiger partial charge in [-0.2, -0.15) is 0 Å². The van der Waals surface area contributed by atoms with Crippen molar-refractivity contribution in [1.82, 2.24) is 10.3 Å². The Morgan fingerprint density at radius 3 is 2.52 bits per heavy atom. The minimum Gasteiger partial charge on any atom is -0.480 e. The fraction of sp³-hybridized carbons (Fsp3) is 0.500. The molecule has 1 fully saturated rings. The molecule has 1 aliphatic carbocycles. The third-order valence-electron chi connectivity index (χ3n) is 5.69. The first-order valence-corrected chi connectivity index (χ1v) is 9.81. The molecule has 0 aliphatic heterocycles. The topological polar surface area (TPSA) is 79.3 Å². The molecule has 2 N–H and O–H groups in total. The highest BCUT2D eigenvalue weighted by atomic mass is 16.4. The summed E-state index contributed by atoms with van der Waals surface area (Å²) in [6.45, 7) is 3.62.